The Balaban J connectivity index is 1.21. The van der Waals surface area contributed by atoms with Gasteiger partial charge >= 0.3 is 5.69 Å². The lowest BCUT2D eigenvalue weighted by Crippen LogP contribution is -2.48. The van der Waals surface area contributed by atoms with E-state index in [0.29, 0.717) is 31.2 Å². The molecule has 1 aromatic heterocycles. The van der Waals surface area contributed by atoms with Crippen molar-refractivity contribution in [1.29, 1.82) is 0 Å². The van der Waals surface area contributed by atoms with Crippen molar-refractivity contribution in [3.05, 3.63) is 46.4 Å². The second kappa shape index (κ2) is 8.97. The van der Waals surface area contributed by atoms with Crippen molar-refractivity contribution < 1.29 is 13.9 Å². The third-order valence-electron chi connectivity index (χ3n) is 5.65. The molecule has 2 aromatic rings. The number of aryl methyl sites for hydroxylation is 1. The van der Waals surface area contributed by atoms with Crippen LogP contribution in [0.25, 0.3) is 0 Å². The lowest BCUT2D eigenvalue weighted by Gasteiger charge is -2.36. The summed E-state index contributed by atoms with van der Waals surface area (Å²) in [5.41, 5.74) is 0.458. The molecule has 1 amide bonds. The Bertz CT molecular complexity index is 950. The smallest absolute Gasteiger partial charge is 0.345 e. The average molecular weight is 418 g/mol. The van der Waals surface area contributed by atoms with Crippen LogP contribution in [0, 0.1) is 5.82 Å². The first-order valence-corrected chi connectivity index (χ1v) is 10.3. The highest BCUT2D eigenvalue weighted by molar-refractivity contribution is 5.76. The minimum absolute atomic E-state index is 0.128. The predicted molar refractivity (Wildman–Crippen MR) is 109 cm³/mol. The monoisotopic (exact) mass is 418 g/mol. The van der Waals surface area contributed by atoms with Crippen LogP contribution in [0.5, 0.6) is 0 Å². The fourth-order valence-electron chi connectivity index (χ4n) is 4.00. The Kier molecular flexibility index (Phi) is 6.14. The first kappa shape index (κ1) is 20.5. The summed E-state index contributed by atoms with van der Waals surface area (Å²) < 4.78 is 22.4. The number of anilines is 1. The quantitative estimate of drug-likeness (QED) is 0.718. The topological polar surface area (TPSA) is 84.6 Å². The molecule has 162 valence electrons. The Labute approximate surface area is 174 Å². The van der Waals surface area contributed by atoms with Crippen LogP contribution in [-0.2, 0) is 23.1 Å². The van der Waals surface area contributed by atoms with Crippen LogP contribution in [0.1, 0.15) is 18.3 Å². The number of carbonyl (C=O) groups is 1. The number of carbonyl (C=O) groups excluding carboxylic acids is 1. The summed E-state index contributed by atoms with van der Waals surface area (Å²) >= 11 is 0. The zero-order valence-corrected chi connectivity index (χ0v) is 17.1. The van der Waals surface area contributed by atoms with Crippen LogP contribution >= 0.6 is 0 Å². The second-order valence-corrected chi connectivity index (χ2v) is 7.61. The SMILES string of the molecule is Cn1nc2n(c1=O)CCOC2CC(=O)NCCN1CCN(c2ccccc2F)CC1. The fourth-order valence-corrected chi connectivity index (χ4v) is 4.00. The Morgan fingerprint density at radius 2 is 2.00 bits per heavy atom. The summed E-state index contributed by atoms with van der Waals surface area (Å²) in [7, 11) is 1.59. The molecule has 30 heavy (non-hydrogen) atoms. The zero-order valence-electron chi connectivity index (χ0n) is 17.1. The van der Waals surface area contributed by atoms with E-state index in [2.05, 4.69) is 20.2 Å². The number of nitrogens with one attached hydrogen (secondary N) is 1. The van der Waals surface area contributed by atoms with E-state index in [4.69, 9.17) is 4.74 Å². The van der Waals surface area contributed by atoms with Crippen LogP contribution in [0.3, 0.4) is 0 Å². The maximum atomic E-state index is 13.9. The highest BCUT2D eigenvalue weighted by atomic mass is 19.1. The van der Waals surface area contributed by atoms with Gasteiger partial charge in [0.1, 0.15) is 11.9 Å². The summed E-state index contributed by atoms with van der Waals surface area (Å²) in [6.45, 7) is 5.25. The molecule has 2 aliphatic heterocycles. The van der Waals surface area contributed by atoms with Gasteiger partial charge < -0.3 is 15.0 Å². The number of benzene rings is 1. The van der Waals surface area contributed by atoms with Crippen LogP contribution in [0.4, 0.5) is 10.1 Å². The van der Waals surface area contributed by atoms with Gasteiger partial charge in [0.25, 0.3) is 0 Å². The molecule has 0 radical (unpaired) electrons. The highest BCUT2D eigenvalue weighted by Crippen LogP contribution is 2.22. The van der Waals surface area contributed by atoms with E-state index in [9.17, 15) is 14.0 Å². The van der Waals surface area contributed by atoms with Crippen molar-refractivity contribution in [1.82, 2.24) is 24.6 Å². The number of halogens is 1. The molecule has 4 rings (SSSR count). The number of hydrogen-bond acceptors (Lipinski definition) is 6. The molecule has 1 aromatic carbocycles. The van der Waals surface area contributed by atoms with Crippen molar-refractivity contribution in [3.63, 3.8) is 0 Å². The van der Waals surface area contributed by atoms with Gasteiger partial charge in [-0.2, -0.15) is 5.10 Å². The average Bonchev–Trinajstić information content (AvgIpc) is 3.04. The zero-order chi connectivity index (χ0) is 21.1. The second-order valence-electron chi connectivity index (χ2n) is 7.61. The molecular weight excluding hydrogens is 391 g/mol. The standard InChI is InChI=1S/C20H27FN6O3/c1-24-20(29)27-12-13-30-17(19(27)23-24)14-18(28)22-6-7-25-8-10-26(11-9-25)16-5-3-2-4-15(16)21/h2-5,17H,6-14H2,1H3,(H,22,28). The van der Waals surface area contributed by atoms with Crippen molar-refractivity contribution in [2.75, 3.05) is 50.8 Å². The van der Waals surface area contributed by atoms with E-state index in [1.54, 1.807) is 23.7 Å². The molecular formula is C20H27FN6O3. The third-order valence-corrected chi connectivity index (χ3v) is 5.65. The molecule has 0 bridgehead atoms. The maximum absolute atomic E-state index is 13.9. The van der Waals surface area contributed by atoms with Gasteiger partial charge in [-0.25, -0.2) is 13.9 Å². The normalized spacial score (nSPS) is 19.5. The molecule has 3 heterocycles. The number of nitrogens with zero attached hydrogens (tertiary/aromatic N) is 5. The molecule has 1 N–H and O–H groups in total. The van der Waals surface area contributed by atoms with E-state index < -0.39 is 6.10 Å². The van der Waals surface area contributed by atoms with Gasteiger partial charge in [-0.15, -0.1) is 0 Å². The van der Waals surface area contributed by atoms with Gasteiger partial charge in [-0.3, -0.25) is 14.3 Å². The number of para-hydroxylation sites is 1. The van der Waals surface area contributed by atoms with Crippen LogP contribution in [0.15, 0.2) is 29.1 Å². The highest BCUT2D eigenvalue weighted by Gasteiger charge is 2.28. The van der Waals surface area contributed by atoms with Gasteiger partial charge in [-0.05, 0) is 12.1 Å². The molecule has 0 aliphatic carbocycles. The summed E-state index contributed by atoms with van der Waals surface area (Å²) in [5.74, 6) is 0.186. The third kappa shape index (κ3) is 4.39. The number of fused-ring (bicyclic) bond motifs is 1. The first-order valence-electron chi connectivity index (χ1n) is 10.3. The largest absolute Gasteiger partial charge is 0.368 e. The van der Waals surface area contributed by atoms with Crippen LogP contribution in [-0.4, -0.2) is 71.0 Å². The first-order chi connectivity index (χ1) is 14.5. The minimum atomic E-state index is -0.503. The van der Waals surface area contributed by atoms with Gasteiger partial charge in [0.2, 0.25) is 5.91 Å². The van der Waals surface area contributed by atoms with Crippen LogP contribution in [0.2, 0.25) is 0 Å². The van der Waals surface area contributed by atoms with Crippen molar-refractivity contribution >= 4 is 11.6 Å². The molecule has 0 spiro atoms. The molecule has 10 heteroatoms. The number of piperazine rings is 1. The lowest BCUT2D eigenvalue weighted by atomic mass is 10.2. The van der Waals surface area contributed by atoms with Crippen molar-refractivity contribution in [2.45, 2.75) is 19.1 Å². The Morgan fingerprint density at radius 1 is 1.23 bits per heavy atom. The molecule has 0 saturated carbocycles. The predicted octanol–water partition coefficient (Wildman–Crippen LogP) is 0.121. The molecule has 1 saturated heterocycles. The molecule has 2 aliphatic rings. The number of hydrogen-bond donors (Lipinski definition) is 1. The number of aromatic nitrogens is 3. The van der Waals surface area contributed by atoms with E-state index >= 15 is 0 Å². The van der Waals surface area contributed by atoms with Crippen molar-refractivity contribution in [2.24, 2.45) is 7.05 Å². The van der Waals surface area contributed by atoms with Crippen molar-refractivity contribution in [3.8, 4) is 0 Å². The Hall–Kier alpha value is -2.72. The van der Waals surface area contributed by atoms with Gasteiger partial charge in [0.05, 0.1) is 25.3 Å². The van der Waals surface area contributed by atoms with E-state index in [1.807, 2.05) is 6.07 Å². The molecule has 1 atom stereocenters. The molecule has 1 fully saturated rings. The van der Waals surface area contributed by atoms with E-state index in [-0.39, 0.29) is 23.8 Å². The molecule has 9 nitrogen and oxygen atoms in total. The fraction of sp³-hybridized carbons (Fsp3) is 0.550. The number of ether oxygens (including phenoxy) is 1. The summed E-state index contributed by atoms with van der Waals surface area (Å²) in [6, 6.07) is 6.83. The lowest BCUT2D eigenvalue weighted by molar-refractivity contribution is -0.125. The summed E-state index contributed by atoms with van der Waals surface area (Å²) in [5, 5.41) is 7.13. The summed E-state index contributed by atoms with van der Waals surface area (Å²) in [4.78, 5) is 28.7. The van der Waals surface area contributed by atoms with E-state index in [0.717, 1.165) is 32.7 Å². The Morgan fingerprint density at radius 3 is 2.77 bits per heavy atom. The van der Waals surface area contributed by atoms with Gasteiger partial charge in [-0.1, -0.05) is 12.1 Å². The van der Waals surface area contributed by atoms with Crippen LogP contribution < -0.4 is 15.9 Å². The summed E-state index contributed by atoms with van der Waals surface area (Å²) in [6.07, 6.45) is -0.366. The van der Waals surface area contributed by atoms with E-state index in [1.165, 1.54) is 10.7 Å². The minimum Gasteiger partial charge on any atom is -0.368 e. The van der Waals surface area contributed by atoms with Gasteiger partial charge in [0.15, 0.2) is 5.82 Å². The number of amides is 1. The van der Waals surface area contributed by atoms with Gasteiger partial charge in [0, 0.05) is 46.3 Å². The number of rotatable bonds is 6. The maximum Gasteiger partial charge on any atom is 0.345 e. The molecule has 1 unspecified atom stereocenters.